The van der Waals surface area contributed by atoms with Crippen molar-refractivity contribution in [2.24, 2.45) is 0 Å². The zero-order valence-electron chi connectivity index (χ0n) is 16.6. The standard InChI is InChI=1S/C21H25N3O3S2/c1-2-27-16-8-6-15(7-9-16)24-20(26)19-17(10-13-28-19)22-21(24)29-14-18(25)23-11-4-3-5-12-23/h6-9H,2-5,10-14H2,1H3. The van der Waals surface area contributed by atoms with Crippen LogP contribution in [-0.2, 0) is 11.2 Å². The fraction of sp³-hybridized carbons (Fsp3) is 0.476. The molecule has 0 bridgehead atoms. The third kappa shape index (κ3) is 4.48. The molecular weight excluding hydrogens is 406 g/mol. The Hall–Kier alpha value is -1.93. The van der Waals surface area contributed by atoms with E-state index in [1.807, 2.05) is 36.1 Å². The minimum atomic E-state index is -0.0467. The van der Waals surface area contributed by atoms with Crippen LogP contribution in [-0.4, -0.2) is 51.6 Å². The van der Waals surface area contributed by atoms with Crippen molar-refractivity contribution in [3.63, 3.8) is 0 Å². The number of aromatic nitrogens is 2. The van der Waals surface area contributed by atoms with E-state index >= 15 is 0 Å². The van der Waals surface area contributed by atoms with E-state index in [1.165, 1.54) is 18.2 Å². The SMILES string of the molecule is CCOc1ccc(-n2c(SCC(=O)N3CCCCC3)nc3c(c2=O)SCC3)cc1. The lowest BCUT2D eigenvalue weighted by Crippen LogP contribution is -2.37. The lowest BCUT2D eigenvalue weighted by molar-refractivity contribution is -0.129. The smallest absolute Gasteiger partial charge is 0.272 e. The Kier molecular flexibility index (Phi) is 6.50. The molecule has 2 aromatic rings. The second kappa shape index (κ2) is 9.26. The summed E-state index contributed by atoms with van der Waals surface area (Å²) < 4.78 is 7.15. The first-order valence-corrected chi connectivity index (χ1v) is 12.1. The van der Waals surface area contributed by atoms with Gasteiger partial charge in [0.05, 0.1) is 28.6 Å². The molecule has 8 heteroatoms. The zero-order chi connectivity index (χ0) is 20.2. The van der Waals surface area contributed by atoms with Crippen molar-refractivity contribution in [3.8, 4) is 11.4 Å². The van der Waals surface area contributed by atoms with Crippen molar-refractivity contribution in [1.29, 1.82) is 0 Å². The fourth-order valence-electron chi connectivity index (χ4n) is 3.64. The maximum absolute atomic E-state index is 13.2. The monoisotopic (exact) mass is 431 g/mol. The van der Waals surface area contributed by atoms with Gasteiger partial charge >= 0.3 is 0 Å². The summed E-state index contributed by atoms with van der Waals surface area (Å²) in [4.78, 5) is 33.3. The second-order valence-corrected chi connectivity index (χ2v) is 9.11. The van der Waals surface area contributed by atoms with E-state index in [0.717, 1.165) is 60.1 Å². The number of aryl methyl sites for hydroxylation is 1. The van der Waals surface area contributed by atoms with Gasteiger partial charge in [0.15, 0.2) is 5.16 Å². The highest BCUT2D eigenvalue weighted by atomic mass is 32.2. The quantitative estimate of drug-likeness (QED) is 0.516. The molecule has 154 valence electrons. The Morgan fingerprint density at radius 3 is 2.69 bits per heavy atom. The van der Waals surface area contributed by atoms with Gasteiger partial charge in [-0.2, -0.15) is 0 Å². The summed E-state index contributed by atoms with van der Waals surface area (Å²) in [6.45, 7) is 4.20. The number of nitrogens with zero attached hydrogens (tertiary/aromatic N) is 3. The summed E-state index contributed by atoms with van der Waals surface area (Å²) in [5.74, 6) is 2.07. The van der Waals surface area contributed by atoms with Crippen LogP contribution in [0.1, 0.15) is 31.9 Å². The fourth-order valence-corrected chi connectivity index (χ4v) is 5.59. The number of thioether (sulfide) groups is 2. The first-order valence-electron chi connectivity index (χ1n) is 10.1. The number of hydrogen-bond donors (Lipinski definition) is 0. The van der Waals surface area contributed by atoms with Crippen LogP contribution in [0.3, 0.4) is 0 Å². The summed E-state index contributed by atoms with van der Waals surface area (Å²) in [5, 5.41) is 0.589. The molecule has 1 aromatic heterocycles. The van der Waals surface area contributed by atoms with Gasteiger partial charge in [-0.05, 0) is 50.5 Å². The number of fused-ring (bicyclic) bond motifs is 1. The molecule has 0 atom stereocenters. The molecule has 6 nitrogen and oxygen atoms in total. The first kappa shape index (κ1) is 20.3. The average molecular weight is 432 g/mol. The summed E-state index contributed by atoms with van der Waals surface area (Å²) in [7, 11) is 0. The van der Waals surface area contributed by atoms with E-state index in [1.54, 1.807) is 16.3 Å². The van der Waals surface area contributed by atoms with Crippen LogP contribution in [0.15, 0.2) is 39.1 Å². The molecule has 0 saturated carbocycles. The zero-order valence-corrected chi connectivity index (χ0v) is 18.2. The van der Waals surface area contributed by atoms with Crippen LogP contribution in [0, 0.1) is 0 Å². The summed E-state index contributed by atoms with van der Waals surface area (Å²) in [6, 6.07) is 7.46. The number of carbonyl (C=O) groups is 1. The van der Waals surface area contributed by atoms with Gasteiger partial charge in [0, 0.05) is 25.3 Å². The summed E-state index contributed by atoms with van der Waals surface area (Å²) >= 11 is 2.92. The Bertz CT molecular complexity index is 937. The maximum Gasteiger partial charge on any atom is 0.272 e. The number of hydrogen-bond acceptors (Lipinski definition) is 6. The van der Waals surface area contributed by atoms with E-state index in [4.69, 9.17) is 9.72 Å². The van der Waals surface area contributed by atoms with Crippen molar-refractivity contribution in [1.82, 2.24) is 14.5 Å². The van der Waals surface area contributed by atoms with Crippen LogP contribution in [0.5, 0.6) is 5.75 Å². The van der Waals surface area contributed by atoms with Gasteiger partial charge in [-0.1, -0.05) is 11.8 Å². The van der Waals surface area contributed by atoms with Crippen molar-refractivity contribution >= 4 is 29.4 Å². The van der Waals surface area contributed by atoms with E-state index < -0.39 is 0 Å². The van der Waals surface area contributed by atoms with Gasteiger partial charge in [0.25, 0.3) is 5.56 Å². The van der Waals surface area contributed by atoms with Gasteiger partial charge < -0.3 is 9.64 Å². The largest absolute Gasteiger partial charge is 0.494 e. The van der Waals surface area contributed by atoms with E-state index in [0.29, 0.717) is 17.5 Å². The van der Waals surface area contributed by atoms with Crippen molar-refractivity contribution in [2.75, 3.05) is 31.2 Å². The van der Waals surface area contributed by atoms with Gasteiger partial charge in [0.2, 0.25) is 5.91 Å². The molecule has 1 amide bonds. The number of carbonyl (C=O) groups excluding carboxylic acids is 1. The first-order chi connectivity index (χ1) is 14.2. The Morgan fingerprint density at radius 2 is 1.97 bits per heavy atom. The number of amides is 1. The van der Waals surface area contributed by atoms with Crippen LogP contribution in [0.4, 0.5) is 0 Å². The molecule has 1 saturated heterocycles. The molecule has 0 aliphatic carbocycles. The van der Waals surface area contributed by atoms with Crippen LogP contribution < -0.4 is 10.3 Å². The van der Waals surface area contributed by atoms with Gasteiger partial charge in [-0.25, -0.2) is 4.98 Å². The Morgan fingerprint density at radius 1 is 1.21 bits per heavy atom. The molecule has 0 spiro atoms. The molecule has 1 fully saturated rings. The predicted molar refractivity (Wildman–Crippen MR) is 117 cm³/mol. The number of piperidine rings is 1. The lowest BCUT2D eigenvalue weighted by atomic mass is 10.1. The predicted octanol–water partition coefficient (Wildman–Crippen LogP) is 3.38. The van der Waals surface area contributed by atoms with E-state index in [-0.39, 0.29) is 11.5 Å². The van der Waals surface area contributed by atoms with Gasteiger partial charge in [-0.15, -0.1) is 11.8 Å². The number of rotatable bonds is 6. The molecule has 2 aliphatic heterocycles. The molecule has 29 heavy (non-hydrogen) atoms. The normalized spacial score (nSPS) is 16.0. The molecule has 0 radical (unpaired) electrons. The van der Waals surface area contributed by atoms with Gasteiger partial charge in [-0.3, -0.25) is 14.2 Å². The summed E-state index contributed by atoms with van der Waals surface area (Å²) in [6.07, 6.45) is 4.13. The molecule has 1 aromatic carbocycles. The summed E-state index contributed by atoms with van der Waals surface area (Å²) in [5.41, 5.74) is 1.55. The van der Waals surface area contributed by atoms with Crippen molar-refractivity contribution in [2.45, 2.75) is 42.7 Å². The van der Waals surface area contributed by atoms with Crippen LogP contribution in [0.25, 0.3) is 5.69 Å². The van der Waals surface area contributed by atoms with Crippen LogP contribution in [0.2, 0.25) is 0 Å². The van der Waals surface area contributed by atoms with Gasteiger partial charge in [0.1, 0.15) is 5.75 Å². The third-order valence-corrected chi connectivity index (χ3v) is 7.14. The highest BCUT2D eigenvalue weighted by Crippen LogP contribution is 2.30. The Balaban J connectivity index is 1.62. The molecular formula is C21H25N3O3S2. The van der Waals surface area contributed by atoms with Crippen molar-refractivity contribution < 1.29 is 9.53 Å². The third-order valence-electron chi connectivity index (χ3n) is 5.11. The number of ether oxygens (including phenoxy) is 1. The highest BCUT2D eigenvalue weighted by molar-refractivity contribution is 8.00. The van der Waals surface area contributed by atoms with E-state index in [2.05, 4.69) is 0 Å². The second-order valence-electron chi connectivity index (χ2n) is 7.07. The highest BCUT2D eigenvalue weighted by Gasteiger charge is 2.24. The lowest BCUT2D eigenvalue weighted by Gasteiger charge is -2.26. The molecule has 0 N–H and O–H groups in total. The minimum Gasteiger partial charge on any atom is -0.494 e. The molecule has 0 unspecified atom stereocenters. The minimum absolute atomic E-state index is 0.0467. The number of likely N-dealkylation sites (tertiary alicyclic amines) is 1. The molecule has 2 aliphatic rings. The average Bonchev–Trinajstić information content (AvgIpc) is 3.23. The maximum atomic E-state index is 13.2. The van der Waals surface area contributed by atoms with Crippen molar-refractivity contribution in [3.05, 3.63) is 40.3 Å². The molecule has 3 heterocycles. The Labute approximate surface area is 179 Å². The molecule has 4 rings (SSSR count). The van der Waals surface area contributed by atoms with Crippen LogP contribution >= 0.6 is 23.5 Å². The van der Waals surface area contributed by atoms with E-state index in [9.17, 15) is 9.59 Å². The number of benzene rings is 1. The topological polar surface area (TPSA) is 64.4 Å².